The molecule has 1 N–H and O–H groups in total. The summed E-state index contributed by atoms with van der Waals surface area (Å²) in [4.78, 5) is 25.1. The van der Waals surface area contributed by atoms with Crippen LogP contribution in [0.15, 0.2) is 86.8 Å². The van der Waals surface area contributed by atoms with Crippen LogP contribution in [0, 0.1) is 0 Å². The van der Waals surface area contributed by atoms with E-state index in [0.717, 1.165) is 19.7 Å². The third-order valence-corrected chi connectivity index (χ3v) is 6.68. The molecule has 0 unspecified atom stereocenters. The first kappa shape index (κ1) is 27.2. The molecule has 0 fully saturated rings. The fourth-order valence-electron chi connectivity index (χ4n) is 3.51. The summed E-state index contributed by atoms with van der Waals surface area (Å²) in [6.07, 6.45) is 1.38. The van der Waals surface area contributed by atoms with E-state index in [0.29, 0.717) is 22.8 Å². The number of esters is 1. The zero-order valence-corrected chi connectivity index (χ0v) is 23.5. The molecule has 0 atom stereocenters. The number of carbonyl (C=O) groups is 2. The predicted octanol–water partition coefficient (Wildman–Crippen LogP) is 6.13. The second-order valence-electron chi connectivity index (χ2n) is 7.82. The van der Waals surface area contributed by atoms with Crippen molar-refractivity contribution in [2.24, 2.45) is 5.10 Å². The Balaban J connectivity index is 1.40. The Hall–Kier alpha value is -3.89. The zero-order chi connectivity index (χ0) is 27.1. The fourth-order valence-corrected chi connectivity index (χ4v) is 4.50. The van der Waals surface area contributed by atoms with Crippen molar-refractivity contribution in [3.05, 3.63) is 92.9 Å². The van der Waals surface area contributed by atoms with Gasteiger partial charge in [-0.15, -0.1) is 0 Å². The van der Waals surface area contributed by atoms with Gasteiger partial charge in [0.2, 0.25) is 0 Å². The Labute approximate surface area is 235 Å². The molecule has 4 aromatic carbocycles. The number of nitrogens with zero attached hydrogens (tertiary/aromatic N) is 1. The number of hydrazone groups is 1. The molecule has 1 amide bonds. The first-order chi connectivity index (χ1) is 18.4. The van der Waals surface area contributed by atoms with Crippen LogP contribution in [0.4, 0.5) is 0 Å². The average molecular weight is 642 g/mol. The summed E-state index contributed by atoms with van der Waals surface area (Å²) in [5, 5.41) is 6.03. The minimum Gasteiger partial charge on any atom is -0.493 e. The number of hydrogen-bond acceptors (Lipinski definition) is 7. The molecule has 0 aromatic heterocycles. The highest BCUT2D eigenvalue weighted by Gasteiger charge is 2.15. The van der Waals surface area contributed by atoms with E-state index in [1.54, 1.807) is 36.4 Å². The quantitative estimate of drug-likeness (QED) is 0.102. The molecule has 0 aliphatic carbocycles. The van der Waals surface area contributed by atoms with Crippen LogP contribution in [0.3, 0.4) is 0 Å². The van der Waals surface area contributed by atoms with Crippen LogP contribution in [0.25, 0.3) is 10.8 Å². The smallest absolute Gasteiger partial charge is 0.343 e. The first-order valence-corrected chi connectivity index (χ1v) is 12.8. The second-order valence-corrected chi connectivity index (χ2v) is 9.53. The summed E-state index contributed by atoms with van der Waals surface area (Å²) in [5.41, 5.74) is 3.16. The molecule has 194 valence electrons. The Bertz CT molecular complexity index is 1520. The highest BCUT2D eigenvalue weighted by molar-refractivity contribution is 9.11. The standard InChI is InChI=1S/C28H22Br2N2O6/c1-35-23-10-8-18(14-25(23)36-2)28(34)38-22-12-9-20(29)13-19(22)15-31-32-26(33)16-37-24-11-7-17-5-3-4-6-21(17)27(24)30/h3-15H,16H2,1-2H3,(H,32,33)/b31-15-. The third-order valence-electron chi connectivity index (χ3n) is 5.37. The van der Waals surface area contributed by atoms with Crippen molar-refractivity contribution in [1.82, 2.24) is 5.43 Å². The molecule has 0 radical (unpaired) electrons. The molecule has 4 rings (SSSR count). The number of rotatable bonds is 9. The number of halogens is 2. The average Bonchev–Trinajstić information content (AvgIpc) is 2.93. The molecular formula is C28H22Br2N2O6. The van der Waals surface area contributed by atoms with Crippen LogP contribution in [0.2, 0.25) is 0 Å². The van der Waals surface area contributed by atoms with Gasteiger partial charge in [0.1, 0.15) is 11.5 Å². The summed E-state index contributed by atoms with van der Waals surface area (Å²) < 4.78 is 23.2. The van der Waals surface area contributed by atoms with Crippen molar-refractivity contribution in [2.75, 3.05) is 20.8 Å². The van der Waals surface area contributed by atoms with E-state index in [1.807, 2.05) is 30.3 Å². The number of methoxy groups -OCH3 is 2. The SMILES string of the molecule is COc1ccc(C(=O)Oc2ccc(Br)cc2/C=N\NC(=O)COc2ccc3ccccc3c2Br)cc1OC. The predicted molar refractivity (Wildman–Crippen MR) is 152 cm³/mol. The third kappa shape index (κ3) is 6.51. The Kier molecular flexibility index (Phi) is 8.98. The number of amides is 1. The van der Waals surface area contributed by atoms with Gasteiger partial charge in [0.15, 0.2) is 18.1 Å². The second kappa shape index (κ2) is 12.6. The lowest BCUT2D eigenvalue weighted by Gasteiger charge is -2.11. The fraction of sp³-hybridized carbons (Fsp3) is 0.107. The maximum atomic E-state index is 12.8. The van der Waals surface area contributed by atoms with Crippen molar-refractivity contribution < 1.29 is 28.5 Å². The maximum absolute atomic E-state index is 12.8. The van der Waals surface area contributed by atoms with Crippen LogP contribution in [-0.2, 0) is 4.79 Å². The molecule has 0 saturated carbocycles. The summed E-state index contributed by atoms with van der Waals surface area (Å²) in [6.45, 7) is -0.242. The number of hydrogen-bond donors (Lipinski definition) is 1. The van der Waals surface area contributed by atoms with Gasteiger partial charge in [0, 0.05) is 10.0 Å². The van der Waals surface area contributed by atoms with Crippen molar-refractivity contribution in [2.45, 2.75) is 0 Å². The van der Waals surface area contributed by atoms with Crippen LogP contribution in [0.5, 0.6) is 23.0 Å². The van der Waals surface area contributed by atoms with Crippen molar-refractivity contribution in [3.63, 3.8) is 0 Å². The summed E-state index contributed by atoms with van der Waals surface area (Å²) in [6, 6.07) is 21.3. The lowest BCUT2D eigenvalue weighted by atomic mass is 10.1. The first-order valence-electron chi connectivity index (χ1n) is 11.3. The number of ether oxygens (including phenoxy) is 4. The highest BCUT2D eigenvalue weighted by atomic mass is 79.9. The highest BCUT2D eigenvalue weighted by Crippen LogP contribution is 2.33. The Morgan fingerprint density at radius 1 is 0.868 bits per heavy atom. The van der Waals surface area contributed by atoms with E-state index in [4.69, 9.17) is 18.9 Å². The largest absolute Gasteiger partial charge is 0.493 e. The zero-order valence-electron chi connectivity index (χ0n) is 20.4. The van der Waals surface area contributed by atoms with Gasteiger partial charge in [0.25, 0.3) is 5.91 Å². The monoisotopic (exact) mass is 640 g/mol. The Morgan fingerprint density at radius 2 is 1.61 bits per heavy atom. The van der Waals surface area contributed by atoms with Crippen LogP contribution >= 0.6 is 31.9 Å². The van der Waals surface area contributed by atoms with Gasteiger partial charge in [-0.25, -0.2) is 10.2 Å². The van der Waals surface area contributed by atoms with Crippen molar-refractivity contribution >= 4 is 60.7 Å². The van der Waals surface area contributed by atoms with Crippen LogP contribution < -0.4 is 24.4 Å². The summed E-state index contributed by atoms with van der Waals surface area (Å²) >= 11 is 6.93. The van der Waals surface area contributed by atoms with Crippen molar-refractivity contribution in [1.29, 1.82) is 0 Å². The van der Waals surface area contributed by atoms with Gasteiger partial charge in [0.05, 0.1) is 30.5 Å². The van der Waals surface area contributed by atoms with Gasteiger partial charge in [-0.2, -0.15) is 5.10 Å². The normalized spacial score (nSPS) is 10.8. The van der Waals surface area contributed by atoms with Crippen LogP contribution in [-0.4, -0.2) is 38.9 Å². The van der Waals surface area contributed by atoms with Gasteiger partial charge in [-0.05, 0) is 69.2 Å². The van der Waals surface area contributed by atoms with E-state index in [2.05, 4.69) is 42.4 Å². The molecule has 0 heterocycles. The number of fused-ring (bicyclic) bond motifs is 1. The maximum Gasteiger partial charge on any atom is 0.343 e. The molecule has 0 saturated heterocycles. The molecular weight excluding hydrogens is 620 g/mol. The molecule has 0 spiro atoms. The number of benzene rings is 4. The van der Waals surface area contributed by atoms with E-state index >= 15 is 0 Å². The topological polar surface area (TPSA) is 95.5 Å². The molecule has 10 heteroatoms. The van der Waals surface area contributed by atoms with Gasteiger partial charge >= 0.3 is 5.97 Å². The molecule has 4 aromatic rings. The minimum atomic E-state index is -0.596. The summed E-state index contributed by atoms with van der Waals surface area (Å²) in [5.74, 6) is 0.636. The molecule has 0 aliphatic rings. The van der Waals surface area contributed by atoms with Gasteiger partial charge in [-0.1, -0.05) is 46.3 Å². The van der Waals surface area contributed by atoms with E-state index in [1.165, 1.54) is 26.5 Å². The Morgan fingerprint density at radius 3 is 2.39 bits per heavy atom. The van der Waals surface area contributed by atoms with E-state index in [9.17, 15) is 9.59 Å². The number of nitrogens with one attached hydrogen (secondary N) is 1. The minimum absolute atomic E-state index is 0.242. The lowest BCUT2D eigenvalue weighted by Crippen LogP contribution is -2.24. The molecule has 8 nitrogen and oxygen atoms in total. The number of carbonyl (C=O) groups excluding carboxylic acids is 2. The van der Waals surface area contributed by atoms with E-state index < -0.39 is 11.9 Å². The molecule has 0 aliphatic heterocycles. The van der Waals surface area contributed by atoms with Gasteiger partial charge < -0.3 is 18.9 Å². The van der Waals surface area contributed by atoms with Gasteiger partial charge in [-0.3, -0.25) is 4.79 Å². The van der Waals surface area contributed by atoms with Crippen LogP contribution in [0.1, 0.15) is 15.9 Å². The summed E-state index contributed by atoms with van der Waals surface area (Å²) in [7, 11) is 2.99. The lowest BCUT2D eigenvalue weighted by molar-refractivity contribution is -0.123. The molecule has 0 bridgehead atoms. The van der Waals surface area contributed by atoms with Crippen molar-refractivity contribution in [3.8, 4) is 23.0 Å². The molecule has 38 heavy (non-hydrogen) atoms. The van der Waals surface area contributed by atoms with E-state index in [-0.39, 0.29) is 17.9 Å².